The highest BCUT2D eigenvalue weighted by molar-refractivity contribution is 6.31. The molecule has 0 N–H and O–H groups in total. The summed E-state index contributed by atoms with van der Waals surface area (Å²) < 4.78 is 2.03. The highest BCUT2D eigenvalue weighted by Gasteiger charge is 2.22. The zero-order valence-electron chi connectivity index (χ0n) is 10.4. The fraction of sp³-hybridized carbons (Fsp3) is 0.769. The molecule has 0 atom stereocenters. The summed E-state index contributed by atoms with van der Waals surface area (Å²) in [6.45, 7) is 2.16. The molecule has 2 rings (SSSR count). The van der Waals surface area contributed by atoms with Crippen molar-refractivity contribution in [3.63, 3.8) is 0 Å². The molecule has 0 saturated heterocycles. The smallest absolute Gasteiger partial charge is 0.132 e. The van der Waals surface area contributed by atoms with Crippen molar-refractivity contribution in [3.8, 4) is 0 Å². The molecule has 1 fully saturated rings. The number of aryl methyl sites for hydroxylation is 1. The van der Waals surface area contributed by atoms with Crippen LogP contribution in [0.5, 0.6) is 0 Å². The molecule has 17 heavy (non-hydrogen) atoms. The van der Waals surface area contributed by atoms with Crippen LogP contribution < -0.4 is 0 Å². The van der Waals surface area contributed by atoms with Gasteiger partial charge in [-0.1, -0.05) is 44.2 Å². The summed E-state index contributed by atoms with van der Waals surface area (Å²) >= 11 is 12.4. The Bertz CT molecular complexity index is 368. The number of rotatable bonds is 4. The van der Waals surface area contributed by atoms with Crippen LogP contribution in [-0.2, 0) is 12.3 Å². The van der Waals surface area contributed by atoms with Crippen molar-refractivity contribution in [1.82, 2.24) is 9.78 Å². The van der Waals surface area contributed by atoms with E-state index in [9.17, 15) is 0 Å². The zero-order valence-corrected chi connectivity index (χ0v) is 11.9. The Balaban J connectivity index is 2.26. The van der Waals surface area contributed by atoms with Gasteiger partial charge in [-0.2, -0.15) is 5.10 Å². The Labute approximate surface area is 113 Å². The van der Waals surface area contributed by atoms with Gasteiger partial charge in [0.25, 0.3) is 0 Å². The van der Waals surface area contributed by atoms with Gasteiger partial charge in [0.1, 0.15) is 5.15 Å². The van der Waals surface area contributed by atoms with Crippen LogP contribution in [0.1, 0.15) is 62.7 Å². The lowest BCUT2D eigenvalue weighted by molar-refractivity contribution is 0.328. The lowest BCUT2D eigenvalue weighted by Gasteiger charge is -2.22. The lowest BCUT2D eigenvalue weighted by atomic mass is 9.96. The molecule has 0 radical (unpaired) electrons. The summed E-state index contributed by atoms with van der Waals surface area (Å²) in [4.78, 5) is 0. The van der Waals surface area contributed by atoms with Crippen molar-refractivity contribution >= 4 is 23.2 Å². The van der Waals surface area contributed by atoms with E-state index in [1.54, 1.807) is 0 Å². The molecule has 96 valence electrons. The summed E-state index contributed by atoms with van der Waals surface area (Å²) in [5.74, 6) is 0.473. The van der Waals surface area contributed by atoms with Gasteiger partial charge in [0.05, 0.1) is 17.6 Å². The van der Waals surface area contributed by atoms with Gasteiger partial charge in [-0.3, -0.25) is 4.68 Å². The van der Waals surface area contributed by atoms with E-state index < -0.39 is 0 Å². The minimum atomic E-state index is 0.473. The molecule has 2 nitrogen and oxygen atoms in total. The topological polar surface area (TPSA) is 17.8 Å². The monoisotopic (exact) mass is 274 g/mol. The van der Waals surface area contributed by atoms with E-state index >= 15 is 0 Å². The van der Waals surface area contributed by atoms with Crippen LogP contribution in [-0.4, -0.2) is 9.78 Å². The molecule has 0 unspecified atom stereocenters. The van der Waals surface area contributed by atoms with Crippen LogP contribution >= 0.6 is 23.2 Å². The van der Waals surface area contributed by atoms with Crippen LogP contribution in [0.15, 0.2) is 0 Å². The minimum Gasteiger partial charge on any atom is -0.250 e. The minimum absolute atomic E-state index is 0.473. The zero-order chi connectivity index (χ0) is 12.3. The summed E-state index contributed by atoms with van der Waals surface area (Å²) in [7, 11) is 0. The highest BCUT2D eigenvalue weighted by Crippen LogP contribution is 2.33. The van der Waals surface area contributed by atoms with Crippen molar-refractivity contribution in [2.45, 2.75) is 63.8 Å². The maximum Gasteiger partial charge on any atom is 0.132 e. The number of hydrogen-bond donors (Lipinski definition) is 0. The standard InChI is InChI=1S/C13H20Cl2N2/c1-2-6-12-11(9-14)13(15)17(16-12)10-7-4-3-5-8-10/h10H,2-9H2,1H3. The predicted octanol–water partition coefficient (Wildman–Crippen LogP) is 4.73. The molecular weight excluding hydrogens is 255 g/mol. The number of alkyl halides is 1. The Hall–Kier alpha value is -0.210. The van der Waals surface area contributed by atoms with Crippen LogP contribution in [0.4, 0.5) is 0 Å². The van der Waals surface area contributed by atoms with Gasteiger partial charge in [0, 0.05) is 5.56 Å². The van der Waals surface area contributed by atoms with Gasteiger partial charge in [0.2, 0.25) is 0 Å². The molecular formula is C13H20Cl2N2. The van der Waals surface area contributed by atoms with Crippen molar-refractivity contribution in [2.24, 2.45) is 0 Å². The molecule has 0 amide bonds. The van der Waals surface area contributed by atoms with Crippen molar-refractivity contribution in [2.75, 3.05) is 0 Å². The highest BCUT2D eigenvalue weighted by atomic mass is 35.5. The number of halogens is 2. The second-order valence-electron chi connectivity index (χ2n) is 4.84. The van der Waals surface area contributed by atoms with E-state index in [0.29, 0.717) is 11.9 Å². The average molecular weight is 275 g/mol. The molecule has 1 aliphatic carbocycles. The van der Waals surface area contributed by atoms with E-state index in [1.165, 1.54) is 32.1 Å². The molecule has 0 aromatic carbocycles. The van der Waals surface area contributed by atoms with Gasteiger partial charge >= 0.3 is 0 Å². The maximum absolute atomic E-state index is 6.41. The first kappa shape index (κ1) is 13.2. The second kappa shape index (κ2) is 6.10. The third-order valence-electron chi connectivity index (χ3n) is 3.57. The molecule has 4 heteroatoms. The second-order valence-corrected chi connectivity index (χ2v) is 5.46. The third kappa shape index (κ3) is 2.79. The fourth-order valence-corrected chi connectivity index (χ4v) is 3.33. The molecule has 1 heterocycles. The number of nitrogens with zero attached hydrogens (tertiary/aromatic N) is 2. The Morgan fingerprint density at radius 1 is 1.29 bits per heavy atom. The van der Waals surface area contributed by atoms with Gasteiger partial charge in [0.15, 0.2) is 0 Å². The van der Waals surface area contributed by atoms with Gasteiger partial charge in [-0.15, -0.1) is 11.6 Å². The van der Waals surface area contributed by atoms with Crippen molar-refractivity contribution < 1.29 is 0 Å². The molecule has 1 aromatic rings. The van der Waals surface area contributed by atoms with E-state index in [-0.39, 0.29) is 0 Å². The quantitative estimate of drug-likeness (QED) is 0.726. The van der Waals surface area contributed by atoms with Crippen LogP contribution in [0.2, 0.25) is 5.15 Å². The summed E-state index contributed by atoms with van der Waals surface area (Å²) in [5, 5.41) is 5.47. The van der Waals surface area contributed by atoms with Crippen LogP contribution in [0.3, 0.4) is 0 Å². The number of aromatic nitrogens is 2. The van der Waals surface area contributed by atoms with E-state index in [0.717, 1.165) is 29.3 Å². The largest absolute Gasteiger partial charge is 0.250 e. The molecule has 0 bridgehead atoms. The van der Waals surface area contributed by atoms with Gasteiger partial charge < -0.3 is 0 Å². The molecule has 0 spiro atoms. The first-order valence-electron chi connectivity index (χ1n) is 6.59. The lowest BCUT2D eigenvalue weighted by Crippen LogP contribution is -2.14. The van der Waals surface area contributed by atoms with Crippen LogP contribution in [0.25, 0.3) is 0 Å². The molecule has 1 saturated carbocycles. The fourth-order valence-electron chi connectivity index (χ4n) is 2.63. The van der Waals surface area contributed by atoms with Gasteiger partial charge in [-0.05, 0) is 19.3 Å². The molecule has 1 aliphatic rings. The van der Waals surface area contributed by atoms with E-state index in [4.69, 9.17) is 28.3 Å². The Kier molecular flexibility index (Phi) is 4.75. The third-order valence-corrected chi connectivity index (χ3v) is 4.24. The Morgan fingerprint density at radius 3 is 2.59 bits per heavy atom. The normalized spacial score (nSPS) is 17.6. The van der Waals surface area contributed by atoms with Crippen LogP contribution in [0, 0.1) is 0 Å². The van der Waals surface area contributed by atoms with E-state index in [2.05, 4.69) is 6.92 Å². The SMILES string of the molecule is CCCc1nn(C2CCCCC2)c(Cl)c1CCl. The first-order valence-corrected chi connectivity index (χ1v) is 7.50. The number of hydrogen-bond acceptors (Lipinski definition) is 1. The average Bonchev–Trinajstić information content (AvgIpc) is 2.67. The summed E-state index contributed by atoms with van der Waals surface area (Å²) in [5.41, 5.74) is 2.14. The maximum atomic E-state index is 6.41. The summed E-state index contributed by atoms with van der Waals surface area (Å²) in [6, 6.07) is 0.490. The van der Waals surface area contributed by atoms with Gasteiger partial charge in [-0.25, -0.2) is 0 Å². The first-order chi connectivity index (χ1) is 8.27. The van der Waals surface area contributed by atoms with Crippen molar-refractivity contribution in [3.05, 3.63) is 16.4 Å². The molecule has 1 aromatic heterocycles. The summed E-state index contributed by atoms with van der Waals surface area (Å²) in [6.07, 6.45) is 8.40. The van der Waals surface area contributed by atoms with Crippen molar-refractivity contribution in [1.29, 1.82) is 0 Å². The van der Waals surface area contributed by atoms with E-state index in [1.807, 2.05) is 4.68 Å². The predicted molar refractivity (Wildman–Crippen MR) is 72.9 cm³/mol. The molecule has 0 aliphatic heterocycles. The Morgan fingerprint density at radius 2 is 2.00 bits per heavy atom.